The van der Waals surface area contributed by atoms with E-state index in [0.29, 0.717) is 22.3 Å². The third kappa shape index (κ3) is 4.75. The van der Waals surface area contributed by atoms with E-state index in [-0.39, 0.29) is 39.7 Å². The molecule has 4 nitrogen and oxygen atoms in total. The molecule has 4 aliphatic carbocycles. The van der Waals surface area contributed by atoms with Crippen molar-refractivity contribution in [3.05, 3.63) is 163 Å². The number of carbonyl (C=O) groups is 4. The minimum Gasteiger partial charge on any atom is -0.288 e. The smallest absolute Gasteiger partial charge is 0.197 e. The van der Waals surface area contributed by atoms with Crippen molar-refractivity contribution in [2.45, 2.75) is 37.5 Å². The molecule has 1 saturated carbocycles. The summed E-state index contributed by atoms with van der Waals surface area (Å²) < 4.78 is 7.53. The van der Waals surface area contributed by atoms with E-state index in [9.17, 15) is 19.2 Å². The van der Waals surface area contributed by atoms with Gasteiger partial charge in [-0.1, -0.05) is 67.8 Å². The Morgan fingerprint density at radius 1 is 0.435 bits per heavy atom. The van der Waals surface area contributed by atoms with Gasteiger partial charge in [-0.15, -0.1) is 45.3 Å². The van der Waals surface area contributed by atoms with Crippen LogP contribution >= 0.6 is 45.3 Å². The fourth-order valence-electron chi connectivity index (χ4n) is 10.9. The summed E-state index contributed by atoms with van der Waals surface area (Å²) in [4.78, 5) is 58.1. The van der Waals surface area contributed by atoms with Gasteiger partial charge in [-0.2, -0.15) is 0 Å². The minimum absolute atomic E-state index is 0.179. The lowest BCUT2D eigenvalue weighted by Crippen LogP contribution is -2.29. The summed E-state index contributed by atoms with van der Waals surface area (Å²) in [6.45, 7) is 0. The first-order valence-electron chi connectivity index (χ1n) is 21.0. The van der Waals surface area contributed by atoms with Crippen molar-refractivity contribution in [3.63, 3.8) is 0 Å². The van der Waals surface area contributed by atoms with Crippen molar-refractivity contribution in [3.8, 4) is 0 Å². The van der Waals surface area contributed by atoms with Crippen molar-refractivity contribution in [2.75, 3.05) is 0 Å². The van der Waals surface area contributed by atoms with Crippen molar-refractivity contribution in [1.29, 1.82) is 0 Å². The molecular formula is C54H30O4S4. The second-order valence-electron chi connectivity index (χ2n) is 17.3. The Bertz CT molecular complexity index is 3770. The first kappa shape index (κ1) is 35.4. The normalized spacial score (nSPS) is 17.0. The summed E-state index contributed by atoms with van der Waals surface area (Å²) in [6.07, 6.45) is 11.4. The summed E-state index contributed by atoms with van der Waals surface area (Å²) in [5.74, 6) is -0.780. The van der Waals surface area contributed by atoms with Crippen LogP contribution in [0.5, 0.6) is 0 Å². The van der Waals surface area contributed by atoms with E-state index < -0.39 is 0 Å². The highest BCUT2D eigenvalue weighted by atomic mass is 32.1. The van der Waals surface area contributed by atoms with E-state index in [2.05, 4.69) is 60.7 Å². The molecule has 0 aliphatic heterocycles. The van der Waals surface area contributed by atoms with Crippen molar-refractivity contribution < 1.29 is 19.2 Å². The molecule has 0 bridgehead atoms. The zero-order chi connectivity index (χ0) is 41.2. The highest BCUT2D eigenvalue weighted by molar-refractivity contribution is 7.44. The van der Waals surface area contributed by atoms with Gasteiger partial charge in [0.05, 0.1) is 34.6 Å². The van der Waals surface area contributed by atoms with Gasteiger partial charge in [-0.3, -0.25) is 19.2 Å². The van der Waals surface area contributed by atoms with E-state index in [1.165, 1.54) is 45.1 Å². The van der Waals surface area contributed by atoms with Crippen LogP contribution < -0.4 is 0 Å². The Labute approximate surface area is 369 Å². The van der Waals surface area contributed by atoms with E-state index in [1.54, 1.807) is 28.7 Å². The van der Waals surface area contributed by atoms with Crippen molar-refractivity contribution in [2.24, 2.45) is 0 Å². The molecule has 0 atom stereocenters. The van der Waals surface area contributed by atoms with Gasteiger partial charge in [-0.25, -0.2) is 0 Å². The number of Topliss-reactive ketones (excluding diaryl/α,β-unsaturated/α-hetero) is 4. The number of allylic oxidation sites excluding steroid dienone is 4. The van der Waals surface area contributed by atoms with Gasteiger partial charge in [0.15, 0.2) is 23.1 Å². The van der Waals surface area contributed by atoms with Crippen LogP contribution in [0.15, 0.2) is 126 Å². The third-order valence-corrected chi connectivity index (χ3v) is 19.2. The summed E-state index contributed by atoms with van der Waals surface area (Å²) in [5, 5.41) is 8.26. The standard InChI is InChI=1S/C54H30O4S4/c55-45-36-18-30-14-26-8-2-3-9-27(26)15-31(30)19-37(36)46(56)40(45)22-34-23-42-44(54(34)12-6-1-7-13-54)50-52(60-42)53-51(62-50)49-43(61-53)25-35(59-49)24-41-47(57)38-20-32-16-28-10-4-5-11-29(28)17-33(32)21-39(38)48(41)58/h2-5,8-11,14-25H,1,6-7,12-13H2. The van der Waals surface area contributed by atoms with E-state index in [4.69, 9.17) is 0 Å². The van der Waals surface area contributed by atoms with Crippen LogP contribution in [0, 0.1) is 0 Å². The van der Waals surface area contributed by atoms with Crippen LogP contribution in [0.1, 0.15) is 88.9 Å². The number of benzene rings is 6. The second kappa shape index (κ2) is 12.5. The summed E-state index contributed by atoms with van der Waals surface area (Å²) in [7, 11) is 0. The molecule has 1 fully saturated rings. The van der Waals surface area contributed by atoms with Crippen LogP contribution in [0.3, 0.4) is 0 Å². The zero-order valence-corrected chi connectivity index (χ0v) is 36.1. The SMILES string of the molecule is O=C1C(=CC2=Cc3sc4c(sc5c6sc(C=C7C(=O)c8cc9cc%10ccccc%10cc9cc8C7=O)cc6sc45)c3C23CCCCC3)C(=O)c2cc3cc4ccccc4cc3cc21. The molecule has 62 heavy (non-hydrogen) atoms. The largest absolute Gasteiger partial charge is 0.288 e. The lowest BCUT2D eigenvalue weighted by Gasteiger charge is -2.36. The molecule has 0 amide bonds. The minimum atomic E-state index is -0.247. The highest BCUT2D eigenvalue weighted by Crippen LogP contribution is 2.61. The Balaban J connectivity index is 0.830. The maximum Gasteiger partial charge on any atom is 0.197 e. The molecule has 0 radical (unpaired) electrons. The lowest BCUT2D eigenvalue weighted by molar-refractivity contribution is 0.0974. The lowest BCUT2D eigenvalue weighted by atomic mass is 9.67. The molecule has 0 saturated heterocycles. The van der Waals surface area contributed by atoms with Gasteiger partial charge in [0.2, 0.25) is 0 Å². The molecule has 294 valence electrons. The molecule has 10 aromatic rings. The van der Waals surface area contributed by atoms with E-state index in [1.807, 2.05) is 77.3 Å². The Morgan fingerprint density at radius 3 is 1.42 bits per heavy atom. The van der Waals surface area contributed by atoms with E-state index in [0.717, 1.165) is 79.2 Å². The number of fused-ring (bicyclic) bond motifs is 14. The fourth-order valence-corrected chi connectivity index (χ4v) is 16.9. The monoisotopic (exact) mass is 870 g/mol. The van der Waals surface area contributed by atoms with Crippen LogP contribution in [0.25, 0.3) is 83.4 Å². The molecule has 4 aromatic heterocycles. The number of thiophene rings is 4. The van der Waals surface area contributed by atoms with Gasteiger partial charge in [-0.05, 0) is 140 Å². The summed E-state index contributed by atoms with van der Waals surface area (Å²) >= 11 is 7.13. The maximum atomic E-state index is 14.1. The third-order valence-electron chi connectivity index (χ3n) is 13.9. The van der Waals surface area contributed by atoms with Gasteiger partial charge in [0.25, 0.3) is 0 Å². The average Bonchev–Trinajstić information content (AvgIpc) is 4.13. The number of hydrogen-bond donors (Lipinski definition) is 0. The predicted octanol–water partition coefficient (Wildman–Crippen LogP) is 15.1. The quantitative estimate of drug-likeness (QED) is 0.0986. The molecule has 14 rings (SSSR count). The molecule has 8 heteroatoms. The molecular weight excluding hydrogens is 841 g/mol. The van der Waals surface area contributed by atoms with Crippen molar-refractivity contribution in [1.82, 2.24) is 0 Å². The highest BCUT2D eigenvalue weighted by Gasteiger charge is 2.46. The molecule has 0 unspecified atom stereocenters. The van der Waals surface area contributed by atoms with Crippen LogP contribution in [0.2, 0.25) is 0 Å². The Morgan fingerprint density at radius 2 is 0.903 bits per heavy atom. The van der Waals surface area contributed by atoms with Crippen LogP contribution in [-0.2, 0) is 5.41 Å². The topological polar surface area (TPSA) is 68.3 Å². The summed E-state index contributed by atoms with van der Waals surface area (Å²) in [5.41, 5.74) is 4.68. The second-order valence-corrected chi connectivity index (χ2v) is 21.5. The van der Waals surface area contributed by atoms with Crippen molar-refractivity contribution >= 4 is 152 Å². The van der Waals surface area contributed by atoms with Gasteiger partial charge >= 0.3 is 0 Å². The molecule has 6 aromatic carbocycles. The first-order chi connectivity index (χ1) is 30.3. The van der Waals surface area contributed by atoms with Gasteiger partial charge in [0.1, 0.15) is 0 Å². The predicted molar refractivity (Wildman–Crippen MR) is 259 cm³/mol. The zero-order valence-electron chi connectivity index (χ0n) is 32.8. The van der Waals surface area contributed by atoms with Gasteiger partial charge < -0.3 is 0 Å². The van der Waals surface area contributed by atoms with Crippen LogP contribution in [-0.4, -0.2) is 23.1 Å². The average molecular weight is 871 g/mol. The van der Waals surface area contributed by atoms with E-state index >= 15 is 0 Å². The maximum absolute atomic E-state index is 14.1. The molecule has 4 aliphatic rings. The number of carbonyl (C=O) groups excluding carboxylic acids is 4. The Hall–Kier alpha value is -6.16. The molecule has 0 N–H and O–H groups in total. The number of rotatable bonds is 2. The number of hydrogen-bond acceptors (Lipinski definition) is 8. The fraction of sp³-hybridized carbons (Fsp3) is 0.111. The molecule has 4 heterocycles. The van der Waals surface area contributed by atoms with Gasteiger partial charge in [0, 0.05) is 42.1 Å². The first-order valence-corrected chi connectivity index (χ1v) is 24.3. The molecule has 1 spiro atoms. The van der Waals surface area contributed by atoms with Crippen LogP contribution in [0.4, 0.5) is 0 Å². The number of ketones is 4. The summed E-state index contributed by atoms with van der Waals surface area (Å²) in [6, 6.07) is 34.5. The Kier molecular flexibility index (Phi) is 7.14.